The van der Waals surface area contributed by atoms with Gasteiger partial charge in [-0.25, -0.2) is 10.4 Å². The van der Waals surface area contributed by atoms with Crippen LogP contribution in [0.15, 0.2) is 95.4 Å². The normalized spacial score (nSPS) is 10.9. The van der Waals surface area contributed by atoms with Crippen molar-refractivity contribution < 1.29 is 14.3 Å². The fraction of sp³-hybridized carbons (Fsp3) is 0.0323. The van der Waals surface area contributed by atoms with Gasteiger partial charge < -0.3 is 15.4 Å². The maximum absolute atomic E-state index is 12.6. The minimum atomic E-state index is -0.403. The molecule has 0 spiro atoms. The summed E-state index contributed by atoms with van der Waals surface area (Å²) in [4.78, 5) is 29.5. The second-order valence-electron chi connectivity index (χ2n) is 9.10. The fourth-order valence-electron chi connectivity index (χ4n) is 3.80. The van der Waals surface area contributed by atoms with Crippen LogP contribution < -0.4 is 20.8 Å². The predicted octanol–water partition coefficient (Wildman–Crippen LogP) is 8.95. The van der Waals surface area contributed by atoms with Crippen molar-refractivity contribution in [3.63, 3.8) is 0 Å². The molecule has 1 aromatic heterocycles. The Bertz CT molecular complexity index is 1790. The molecule has 13 heteroatoms. The Balaban J connectivity index is 1.13. The van der Waals surface area contributed by atoms with Crippen LogP contribution in [0.25, 0.3) is 11.3 Å². The summed E-state index contributed by atoms with van der Waals surface area (Å²) in [5.74, 6) is -0.655. The summed E-state index contributed by atoms with van der Waals surface area (Å²) in [5, 5.41) is 14.2. The lowest BCUT2D eigenvalue weighted by Gasteiger charge is -2.11. The number of nitrogens with zero attached hydrogens (tertiary/aromatic N) is 2. The molecule has 0 bridgehead atoms. The van der Waals surface area contributed by atoms with Crippen LogP contribution in [-0.2, 0) is 4.79 Å². The summed E-state index contributed by atoms with van der Waals surface area (Å²) in [7, 11) is 0. The molecule has 5 aromatic rings. The van der Waals surface area contributed by atoms with E-state index in [2.05, 4.69) is 26.1 Å². The number of anilines is 3. The molecule has 222 valence electrons. The summed E-state index contributed by atoms with van der Waals surface area (Å²) in [6, 6.07) is 24.1. The van der Waals surface area contributed by atoms with Crippen molar-refractivity contribution in [1.82, 2.24) is 10.4 Å². The number of hydrogen-bond acceptors (Lipinski definition) is 7. The van der Waals surface area contributed by atoms with Crippen molar-refractivity contribution in [2.75, 3.05) is 17.2 Å². The van der Waals surface area contributed by atoms with E-state index in [1.807, 2.05) is 29.6 Å². The Kier molecular flexibility index (Phi) is 10.4. The number of thiazole rings is 1. The van der Waals surface area contributed by atoms with Crippen molar-refractivity contribution in [1.29, 1.82) is 0 Å². The quantitative estimate of drug-likeness (QED) is 0.101. The van der Waals surface area contributed by atoms with E-state index in [0.717, 1.165) is 22.1 Å². The number of aromatic nitrogens is 1. The van der Waals surface area contributed by atoms with Gasteiger partial charge in [-0.2, -0.15) is 5.10 Å². The van der Waals surface area contributed by atoms with Gasteiger partial charge in [-0.05, 0) is 78.4 Å². The third kappa shape index (κ3) is 8.49. The highest BCUT2D eigenvalue weighted by Gasteiger charge is 2.13. The zero-order chi connectivity index (χ0) is 31.1. The third-order valence-electron chi connectivity index (χ3n) is 5.92. The highest BCUT2D eigenvalue weighted by atomic mass is 35.5. The zero-order valence-electron chi connectivity index (χ0n) is 22.5. The monoisotopic (exact) mass is 683 g/mol. The van der Waals surface area contributed by atoms with E-state index >= 15 is 0 Å². The first-order valence-corrected chi connectivity index (χ1v) is 15.2. The van der Waals surface area contributed by atoms with Crippen molar-refractivity contribution in [3.05, 3.63) is 122 Å². The van der Waals surface area contributed by atoms with E-state index in [4.69, 9.17) is 51.1 Å². The second kappa shape index (κ2) is 14.6. The van der Waals surface area contributed by atoms with Crippen molar-refractivity contribution >= 4 is 92.3 Å². The van der Waals surface area contributed by atoms with Gasteiger partial charge in [0, 0.05) is 37.9 Å². The van der Waals surface area contributed by atoms with Crippen LogP contribution in [0.4, 0.5) is 16.5 Å². The molecule has 0 fully saturated rings. The first kappa shape index (κ1) is 31.3. The highest BCUT2D eigenvalue weighted by molar-refractivity contribution is 7.14. The zero-order valence-corrected chi connectivity index (χ0v) is 26.3. The summed E-state index contributed by atoms with van der Waals surface area (Å²) in [6.07, 6.45) is 1.39. The molecule has 44 heavy (non-hydrogen) atoms. The van der Waals surface area contributed by atoms with E-state index in [-0.39, 0.29) is 22.4 Å². The lowest BCUT2D eigenvalue weighted by Crippen LogP contribution is -2.20. The molecule has 8 nitrogen and oxygen atoms in total. The Morgan fingerprint density at radius 3 is 2.09 bits per heavy atom. The van der Waals surface area contributed by atoms with Crippen LogP contribution in [0.2, 0.25) is 20.1 Å². The molecule has 3 N–H and O–H groups in total. The van der Waals surface area contributed by atoms with Gasteiger partial charge in [-0.3, -0.25) is 9.59 Å². The molecule has 4 aromatic carbocycles. The van der Waals surface area contributed by atoms with Gasteiger partial charge in [0.2, 0.25) is 0 Å². The topological polar surface area (TPSA) is 105 Å². The van der Waals surface area contributed by atoms with Crippen LogP contribution in [-0.4, -0.2) is 29.6 Å². The van der Waals surface area contributed by atoms with Crippen LogP contribution in [0, 0.1) is 0 Å². The minimum Gasteiger partial charge on any atom is -0.481 e. The molecule has 0 aliphatic rings. The van der Waals surface area contributed by atoms with E-state index in [1.54, 1.807) is 60.7 Å². The van der Waals surface area contributed by atoms with Gasteiger partial charge in [0.25, 0.3) is 11.8 Å². The molecular formula is C31H21Cl4N5O3S. The summed E-state index contributed by atoms with van der Waals surface area (Å²) in [6.45, 7) is -0.311. The van der Waals surface area contributed by atoms with Crippen LogP contribution in [0.1, 0.15) is 15.9 Å². The lowest BCUT2D eigenvalue weighted by molar-refractivity contribution is -0.118. The smallest absolute Gasteiger partial charge is 0.271 e. The van der Waals surface area contributed by atoms with Crippen LogP contribution >= 0.6 is 57.7 Å². The van der Waals surface area contributed by atoms with Crippen molar-refractivity contribution in [3.8, 4) is 17.0 Å². The van der Waals surface area contributed by atoms with Gasteiger partial charge in [0.05, 0.1) is 22.0 Å². The summed E-state index contributed by atoms with van der Waals surface area (Å²) >= 11 is 25.9. The number of benzene rings is 4. The van der Waals surface area contributed by atoms with Gasteiger partial charge in [0.1, 0.15) is 0 Å². The second-order valence-corrected chi connectivity index (χ2v) is 11.6. The minimum absolute atomic E-state index is 0.147. The number of halogens is 4. The van der Waals surface area contributed by atoms with E-state index in [9.17, 15) is 9.59 Å². The molecule has 1 heterocycles. The number of rotatable bonds is 10. The molecule has 0 radical (unpaired) electrons. The van der Waals surface area contributed by atoms with E-state index in [1.165, 1.54) is 17.6 Å². The Labute approximate surface area is 276 Å². The number of hydrogen-bond donors (Lipinski definition) is 3. The molecule has 0 saturated heterocycles. The molecule has 0 aliphatic heterocycles. The summed E-state index contributed by atoms with van der Waals surface area (Å²) in [5.41, 5.74) is 6.50. The Morgan fingerprint density at radius 1 is 0.841 bits per heavy atom. The lowest BCUT2D eigenvalue weighted by atomic mass is 10.1. The first-order valence-electron chi connectivity index (χ1n) is 12.8. The number of amides is 2. The maximum Gasteiger partial charge on any atom is 0.271 e. The fourth-order valence-corrected chi connectivity index (χ4v) is 5.41. The van der Waals surface area contributed by atoms with Crippen molar-refractivity contribution in [2.24, 2.45) is 5.10 Å². The van der Waals surface area contributed by atoms with Crippen molar-refractivity contribution in [2.45, 2.75) is 0 Å². The third-order valence-corrected chi connectivity index (χ3v) is 7.74. The first-order chi connectivity index (χ1) is 21.2. The molecule has 0 saturated carbocycles. The van der Waals surface area contributed by atoms with Gasteiger partial charge in [-0.1, -0.05) is 58.5 Å². The molecule has 0 unspecified atom stereocenters. The number of ether oxygens (including phenoxy) is 1. The van der Waals surface area contributed by atoms with E-state index in [0.29, 0.717) is 26.9 Å². The SMILES string of the molecule is O=C(COc1c(Cl)cc(/C=N\NC(=O)c2ccc(-c3csc(Nc4ccc(Cl)cc4)n3)cc2)cc1Cl)Nc1ccc(Cl)cc1. The molecule has 0 atom stereocenters. The number of nitrogens with one attached hydrogen (secondary N) is 3. The number of hydrazone groups is 1. The molecular weight excluding hydrogens is 664 g/mol. The van der Waals surface area contributed by atoms with Crippen LogP contribution in [0.5, 0.6) is 5.75 Å². The van der Waals surface area contributed by atoms with Gasteiger partial charge >= 0.3 is 0 Å². The average Bonchev–Trinajstić information content (AvgIpc) is 3.47. The van der Waals surface area contributed by atoms with Crippen LogP contribution in [0.3, 0.4) is 0 Å². The van der Waals surface area contributed by atoms with Gasteiger partial charge in [0.15, 0.2) is 17.5 Å². The average molecular weight is 685 g/mol. The standard InChI is InChI=1S/C31H21Cl4N5O3S/c32-21-5-9-23(10-6-21)37-28(41)16-43-29-25(34)13-18(14-26(29)35)15-36-40-30(42)20-3-1-19(2-4-20)27-17-44-31(39-27)38-24-11-7-22(33)8-12-24/h1-15,17H,16H2,(H,37,41)(H,38,39)(H,40,42)/b36-15-. The largest absolute Gasteiger partial charge is 0.481 e. The predicted molar refractivity (Wildman–Crippen MR) is 179 cm³/mol. The van der Waals surface area contributed by atoms with E-state index < -0.39 is 11.8 Å². The summed E-state index contributed by atoms with van der Waals surface area (Å²) < 4.78 is 5.53. The Hall–Kier alpha value is -4.12. The Morgan fingerprint density at radius 2 is 1.45 bits per heavy atom. The molecule has 0 aliphatic carbocycles. The number of carbonyl (C=O) groups is 2. The van der Waals surface area contributed by atoms with Gasteiger partial charge in [-0.15, -0.1) is 11.3 Å². The maximum atomic E-state index is 12.6. The highest BCUT2D eigenvalue weighted by Crippen LogP contribution is 2.34. The molecule has 2 amide bonds. The number of carbonyl (C=O) groups excluding carboxylic acids is 2. The molecule has 5 rings (SSSR count).